The topological polar surface area (TPSA) is 61.8 Å². The minimum Gasteiger partial charge on any atom is -0.425 e. The van der Waals surface area contributed by atoms with Gasteiger partial charge >= 0.3 is 20.0 Å². The molecule has 0 spiro atoms. The predicted molar refractivity (Wildman–Crippen MR) is 47.2 cm³/mol. The molecule has 78 valence electrons. The van der Waals surface area contributed by atoms with Crippen LogP contribution in [0, 0.1) is 0 Å². The lowest BCUT2D eigenvalue weighted by Crippen LogP contribution is -2.10. The zero-order valence-corrected chi connectivity index (χ0v) is 8.57. The number of hydrogen-bond acceptors (Lipinski definition) is 5. The van der Waals surface area contributed by atoms with Gasteiger partial charge < -0.3 is 9.47 Å². The van der Waals surface area contributed by atoms with Gasteiger partial charge in [-0.25, -0.2) is 4.79 Å². The first kappa shape index (κ1) is 9.87. The van der Waals surface area contributed by atoms with E-state index < -0.39 is 20.0 Å². The molecule has 1 aliphatic heterocycles. The van der Waals surface area contributed by atoms with Crippen molar-refractivity contribution in [1.29, 1.82) is 0 Å². The Bertz CT molecular complexity index is 248. The van der Waals surface area contributed by atoms with E-state index in [0.717, 1.165) is 25.7 Å². The van der Waals surface area contributed by atoms with E-state index >= 15 is 0 Å². The van der Waals surface area contributed by atoms with E-state index in [0.29, 0.717) is 0 Å². The van der Waals surface area contributed by atoms with Crippen LogP contribution in [-0.4, -0.2) is 24.7 Å². The predicted octanol–water partition coefficient (Wildman–Crippen LogP) is 2.18. The molecule has 2 unspecified atom stereocenters. The summed E-state index contributed by atoms with van der Waals surface area (Å²) in [6.07, 6.45) is 3.45. The third-order valence-corrected chi connectivity index (χ3v) is 3.60. The second-order valence-electron chi connectivity index (χ2n) is 3.43. The zero-order chi connectivity index (χ0) is 9.97. The Morgan fingerprint density at radius 2 is 2.07 bits per heavy atom. The minimum absolute atomic E-state index is 0.0424. The molecule has 0 aromatic carbocycles. The molecule has 5 nitrogen and oxygen atoms in total. The Morgan fingerprint density at radius 1 is 1.36 bits per heavy atom. The summed E-state index contributed by atoms with van der Waals surface area (Å²) in [5.41, 5.74) is 0. The van der Waals surface area contributed by atoms with Crippen molar-refractivity contribution in [3.63, 3.8) is 0 Å². The Labute approximate surface area is 82.6 Å². The van der Waals surface area contributed by atoms with Crippen LogP contribution in [0.1, 0.15) is 25.7 Å². The Balaban J connectivity index is 1.80. The summed E-state index contributed by atoms with van der Waals surface area (Å²) in [7, 11) is -1.94. The lowest BCUT2D eigenvalue weighted by molar-refractivity contribution is 0.124. The SMILES string of the molecule is O=C1OCC([P+](=O)OC2CCCC2)O1. The number of hydrogen-bond donors (Lipinski definition) is 0. The van der Waals surface area contributed by atoms with Gasteiger partial charge in [-0.05, 0) is 17.4 Å². The van der Waals surface area contributed by atoms with Crippen molar-refractivity contribution in [1.82, 2.24) is 0 Å². The molecule has 1 saturated heterocycles. The molecule has 2 rings (SSSR count). The molecule has 0 amide bonds. The van der Waals surface area contributed by atoms with Crippen LogP contribution in [0.15, 0.2) is 0 Å². The van der Waals surface area contributed by atoms with E-state index in [4.69, 9.17) is 4.52 Å². The maximum atomic E-state index is 11.5. The van der Waals surface area contributed by atoms with Crippen LogP contribution in [0.3, 0.4) is 0 Å². The smallest absolute Gasteiger partial charge is 0.425 e. The standard InChI is InChI=1S/C8H12O5P/c9-8-11-5-7(12-8)14(10)13-6-3-1-2-4-6/h6-7H,1-5H2/q+1. The number of ether oxygens (including phenoxy) is 2. The van der Waals surface area contributed by atoms with Gasteiger partial charge in [0.25, 0.3) is 0 Å². The molecular weight excluding hydrogens is 207 g/mol. The van der Waals surface area contributed by atoms with Crippen molar-refractivity contribution in [3.8, 4) is 0 Å². The summed E-state index contributed by atoms with van der Waals surface area (Å²) < 4.78 is 26.0. The maximum Gasteiger partial charge on any atom is 0.557 e. The normalized spacial score (nSPS) is 28.7. The monoisotopic (exact) mass is 219 g/mol. The van der Waals surface area contributed by atoms with Gasteiger partial charge in [-0.2, -0.15) is 0 Å². The highest BCUT2D eigenvalue weighted by Gasteiger charge is 2.45. The maximum absolute atomic E-state index is 11.5. The number of carbonyl (C=O) groups excluding carboxylic acids is 1. The van der Waals surface area contributed by atoms with Gasteiger partial charge in [0.2, 0.25) is 0 Å². The van der Waals surface area contributed by atoms with Gasteiger partial charge in [0.1, 0.15) is 6.10 Å². The average molecular weight is 219 g/mol. The van der Waals surface area contributed by atoms with Gasteiger partial charge in [0.15, 0.2) is 6.61 Å². The van der Waals surface area contributed by atoms with Gasteiger partial charge in [-0.1, -0.05) is 12.8 Å². The minimum atomic E-state index is -1.94. The van der Waals surface area contributed by atoms with Gasteiger partial charge in [0.05, 0.1) is 0 Å². The van der Waals surface area contributed by atoms with Crippen LogP contribution >= 0.6 is 8.03 Å². The van der Waals surface area contributed by atoms with Crippen molar-refractivity contribution in [2.75, 3.05) is 6.61 Å². The van der Waals surface area contributed by atoms with Crippen molar-refractivity contribution >= 4 is 14.2 Å². The number of rotatable bonds is 3. The largest absolute Gasteiger partial charge is 0.557 e. The first-order valence-electron chi connectivity index (χ1n) is 4.72. The highest BCUT2D eigenvalue weighted by atomic mass is 31.1. The summed E-state index contributed by atoms with van der Waals surface area (Å²) in [5, 5.41) is 0. The third-order valence-electron chi connectivity index (χ3n) is 2.37. The van der Waals surface area contributed by atoms with E-state index in [2.05, 4.69) is 9.47 Å². The molecule has 0 bridgehead atoms. The van der Waals surface area contributed by atoms with Crippen LogP contribution in [-0.2, 0) is 18.6 Å². The third kappa shape index (κ3) is 2.22. The first-order valence-corrected chi connectivity index (χ1v) is 5.97. The van der Waals surface area contributed by atoms with Gasteiger partial charge in [-0.3, -0.25) is 0 Å². The molecule has 0 N–H and O–H groups in total. The summed E-state index contributed by atoms with van der Waals surface area (Å²) >= 11 is 0. The van der Waals surface area contributed by atoms with Crippen LogP contribution in [0.25, 0.3) is 0 Å². The molecule has 14 heavy (non-hydrogen) atoms. The lowest BCUT2D eigenvalue weighted by atomic mass is 10.3. The zero-order valence-electron chi connectivity index (χ0n) is 7.68. The summed E-state index contributed by atoms with van der Waals surface area (Å²) in [6, 6.07) is 0. The van der Waals surface area contributed by atoms with Gasteiger partial charge in [-0.15, -0.1) is 4.52 Å². The average Bonchev–Trinajstić information content (AvgIpc) is 2.75. The molecule has 1 saturated carbocycles. The van der Waals surface area contributed by atoms with Crippen molar-refractivity contribution < 1.29 is 23.4 Å². The fourth-order valence-corrected chi connectivity index (χ4v) is 2.64. The molecule has 6 heteroatoms. The highest BCUT2D eigenvalue weighted by Crippen LogP contribution is 2.38. The number of cyclic esters (lactones) is 2. The van der Waals surface area contributed by atoms with Crippen LogP contribution in [0.5, 0.6) is 0 Å². The van der Waals surface area contributed by atoms with Crippen molar-refractivity contribution in [3.05, 3.63) is 0 Å². The summed E-state index contributed by atoms with van der Waals surface area (Å²) in [5.74, 6) is -0.710. The molecule has 0 aromatic heterocycles. The second kappa shape index (κ2) is 4.24. The van der Waals surface area contributed by atoms with Crippen LogP contribution in [0.4, 0.5) is 4.79 Å². The molecule has 1 aliphatic carbocycles. The summed E-state index contributed by atoms with van der Waals surface area (Å²) in [6.45, 7) is 0.0424. The van der Waals surface area contributed by atoms with E-state index in [1.807, 2.05) is 0 Å². The fraction of sp³-hybridized carbons (Fsp3) is 0.875. The van der Waals surface area contributed by atoms with Crippen LogP contribution in [0.2, 0.25) is 0 Å². The molecule has 0 radical (unpaired) electrons. The molecule has 2 aliphatic rings. The summed E-state index contributed by atoms with van der Waals surface area (Å²) in [4.78, 5) is 10.6. The van der Waals surface area contributed by atoms with Gasteiger partial charge in [0, 0.05) is 0 Å². The van der Waals surface area contributed by atoms with E-state index in [1.54, 1.807) is 0 Å². The molecule has 0 aromatic rings. The van der Waals surface area contributed by atoms with E-state index in [9.17, 15) is 9.36 Å². The van der Waals surface area contributed by atoms with Crippen molar-refractivity contribution in [2.24, 2.45) is 0 Å². The lowest BCUT2D eigenvalue weighted by Gasteiger charge is -2.00. The first-order chi connectivity index (χ1) is 6.75. The van der Waals surface area contributed by atoms with E-state index in [1.165, 1.54) is 0 Å². The second-order valence-corrected chi connectivity index (χ2v) is 4.79. The molecule has 2 atom stereocenters. The van der Waals surface area contributed by atoms with Crippen molar-refractivity contribution in [2.45, 2.75) is 37.6 Å². The molecule has 2 fully saturated rings. The molecular formula is C8H12O5P+. The quantitative estimate of drug-likeness (QED) is 0.537. The number of carbonyl (C=O) groups is 1. The Kier molecular flexibility index (Phi) is 2.99. The molecule has 1 heterocycles. The fourth-order valence-electron chi connectivity index (χ4n) is 1.63. The highest BCUT2D eigenvalue weighted by molar-refractivity contribution is 7.39. The Hall–Kier alpha value is -0.670. The van der Waals surface area contributed by atoms with Crippen LogP contribution < -0.4 is 0 Å². The van der Waals surface area contributed by atoms with E-state index in [-0.39, 0.29) is 12.7 Å². The Morgan fingerprint density at radius 3 is 2.64 bits per heavy atom.